The normalized spacial score (nSPS) is 11.2. The molecule has 0 aliphatic rings. The Bertz CT molecular complexity index is 432. The maximum Gasteiger partial charge on any atom is 0.0980 e. The minimum Gasteiger partial charge on any atom is -0.312 e. The fraction of sp³-hybridized carbons (Fsp3) is 0.462. The van der Waals surface area contributed by atoms with Crippen molar-refractivity contribution in [3.8, 4) is 0 Å². The van der Waals surface area contributed by atoms with Gasteiger partial charge in [-0.25, -0.2) is 4.98 Å². The molecule has 0 fully saturated rings. The molecule has 0 aliphatic carbocycles. The van der Waals surface area contributed by atoms with Gasteiger partial charge in [0.2, 0.25) is 0 Å². The Morgan fingerprint density at radius 3 is 2.94 bits per heavy atom. The second-order valence-electron chi connectivity index (χ2n) is 4.50. The molecule has 0 radical (unpaired) electrons. The van der Waals surface area contributed by atoms with Crippen molar-refractivity contribution in [2.75, 3.05) is 6.54 Å². The van der Waals surface area contributed by atoms with Crippen molar-refractivity contribution < 1.29 is 0 Å². The second-order valence-corrected chi connectivity index (χ2v) is 6.73. The van der Waals surface area contributed by atoms with Gasteiger partial charge in [-0.1, -0.05) is 19.9 Å². The van der Waals surface area contributed by atoms with Crippen molar-refractivity contribution in [1.29, 1.82) is 0 Å². The number of rotatable bonds is 6. The molecule has 2 aromatic heterocycles. The standard InChI is InChI=1S/C13H18N2S2/c1-10(2)7-14-8-12-9-15-13(17-12)6-11-4-3-5-16-11/h3-5,9-10,14H,6-8H2,1-2H3. The van der Waals surface area contributed by atoms with Gasteiger partial charge < -0.3 is 5.32 Å². The lowest BCUT2D eigenvalue weighted by Crippen LogP contribution is -2.18. The van der Waals surface area contributed by atoms with Gasteiger partial charge in [0.15, 0.2) is 0 Å². The van der Waals surface area contributed by atoms with E-state index in [0.29, 0.717) is 5.92 Å². The van der Waals surface area contributed by atoms with E-state index in [9.17, 15) is 0 Å². The molecule has 17 heavy (non-hydrogen) atoms. The molecule has 0 unspecified atom stereocenters. The molecule has 0 amide bonds. The molecule has 2 aromatic rings. The van der Waals surface area contributed by atoms with E-state index in [1.54, 1.807) is 11.3 Å². The van der Waals surface area contributed by atoms with Gasteiger partial charge in [-0.3, -0.25) is 0 Å². The summed E-state index contributed by atoms with van der Waals surface area (Å²) < 4.78 is 0. The first-order valence-electron chi connectivity index (χ1n) is 5.90. The number of hydrogen-bond donors (Lipinski definition) is 1. The highest BCUT2D eigenvalue weighted by atomic mass is 32.1. The largest absolute Gasteiger partial charge is 0.312 e. The average Bonchev–Trinajstić information content (AvgIpc) is 2.90. The fourth-order valence-corrected chi connectivity index (χ4v) is 3.27. The highest BCUT2D eigenvalue weighted by Crippen LogP contribution is 2.19. The van der Waals surface area contributed by atoms with E-state index < -0.39 is 0 Å². The predicted molar refractivity (Wildman–Crippen MR) is 75.8 cm³/mol. The minimum atomic E-state index is 0.702. The fourth-order valence-electron chi connectivity index (χ4n) is 1.56. The molecule has 4 heteroatoms. The molecule has 2 nitrogen and oxygen atoms in total. The maximum absolute atomic E-state index is 4.47. The highest BCUT2D eigenvalue weighted by molar-refractivity contribution is 7.12. The Morgan fingerprint density at radius 2 is 2.24 bits per heavy atom. The quantitative estimate of drug-likeness (QED) is 0.865. The lowest BCUT2D eigenvalue weighted by Gasteiger charge is -2.04. The highest BCUT2D eigenvalue weighted by Gasteiger charge is 2.04. The zero-order chi connectivity index (χ0) is 12.1. The van der Waals surface area contributed by atoms with Crippen LogP contribution in [0.3, 0.4) is 0 Å². The van der Waals surface area contributed by atoms with E-state index in [-0.39, 0.29) is 0 Å². The van der Waals surface area contributed by atoms with Crippen LogP contribution in [-0.4, -0.2) is 11.5 Å². The van der Waals surface area contributed by atoms with Crippen molar-refractivity contribution in [2.24, 2.45) is 5.92 Å². The topological polar surface area (TPSA) is 24.9 Å². The van der Waals surface area contributed by atoms with E-state index in [0.717, 1.165) is 19.5 Å². The van der Waals surface area contributed by atoms with Crippen molar-refractivity contribution in [3.63, 3.8) is 0 Å². The van der Waals surface area contributed by atoms with Crippen molar-refractivity contribution in [1.82, 2.24) is 10.3 Å². The third-order valence-corrected chi connectivity index (χ3v) is 4.23. The molecule has 1 N–H and O–H groups in total. The van der Waals surface area contributed by atoms with Gasteiger partial charge in [0, 0.05) is 28.9 Å². The van der Waals surface area contributed by atoms with Crippen LogP contribution in [0, 0.1) is 5.92 Å². The van der Waals surface area contributed by atoms with Crippen LogP contribution in [-0.2, 0) is 13.0 Å². The summed E-state index contributed by atoms with van der Waals surface area (Å²) in [5.41, 5.74) is 0. The Hall–Kier alpha value is -0.710. The first-order chi connectivity index (χ1) is 8.24. The van der Waals surface area contributed by atoms with Crippen LogP contribution < -0.4 is 5.32 Å². The van der Waals surface area contributed by atoms with Crippen molar-refractivity contribution in [2.45, 2.75) is 26.8 Å². The molecule has 2 rings (SSSR count). The van der Waals surface area contributed by atoms with E-state index in [1.807, 2.05) is 17.5 Å². The summed E-state index contributed by atoms with van der Waals surface area (Å²) in [6.07, 6.45) is 2.98. The number of hydrogen-bond acceptors (Lipinski definition) is 4. The van der Waals surface area contributed by atoms with Crippen LogP contribution in [0.2, 0.25) is 0 Å². The Labute approximate surface area is 111 Å². The first kappa shape index (κ1) is 12.7. The van der Waals surface area contributed by atoms with E-state index in [1.165, 1.54) is 14.8 Å². The lowest BCUT2D eigenvalue weighted by atomic mass is 10.2. The molecule has 2 heterocycles. The third-order valence-electron chi connectivity index (χ3n) is 2.36. The molecule has 0 aliphatic heterocycles. The summed E-state index contributed by atoms with van der Waals surface area (Å²) in [6, 6.07) is 4.27. The molecule has 92 valence electrons. The Kier molecular flexibility index (Phi) is 4.71. The molecule has 0 bridgehead atoms. The monoisotopic (exact) mass is 266 g/mol. The van der Waals surface area contributed by atoms with Gasteiger partial charge in [-0.15, -0.1) is 22.7 Å². The van der Waals surface area contributed by atoms with Gasteiger partial charge in [-0.05, 0) is 23.9 Å². The van der Waals surface area contributed by atoms with Gasteiger partial charge in [0.1, 0.15) is 0 Å². The lowest BCUT2D eigenvalue weighted by molar-refractivity contribution is 0.554. The number of aromatic nitrogens is 1. The van der Waals surface area contributed by atoms with Crippen LogP contribution in [0.5, 0.6) is 0 Å². The predicted octanol–water partition coefficient (Wildman–Crippen LogP) is 3.54. The van der Waals surface area contributed by atoms with Crippen LogP contribution in [0.1, 0.15) is 28.6 Å². The maximum atomic E-state index is 4.47. The van der Waals surface area contributed by atoms with Crippen molar-refractivity contribution >= 4 is 22.7 Å². The molecule has 0 spiro atoms. The first-order valence-corrected chi connectivity index (χ1v) is 7.60. The Balaban J connectivity index is 1.83. The summed E-state index contributed by atoms with van der Waals surface area (Å²) in [5, 5.41) is 6.78. The number of thiophene rings is 1. The summed E-state index contributed by atoms with van der Waals surface area (Å²) >= 11 is 3.62. The van der Waals surface area contributed by atoms with Gasteiger partial charge in [-0.2, -0.15) is 0 Å². The zero-order valence-electron chi connectivity index (χ0n) is 10.3. The number of nitrogens with one attached hydrogen (secondary N) is 1. The summed E-state index contributed by atoms with van der Waals surface area (Å²) in [6.45, 7) is 6.46. The van der Waals surface area contributed by atoms with Gasteiger partial charge >= 0.3 is 0 Å². The molecular weight excluding hydrogens is 248 g/mol. The van der Waals surface area contributed by atoms with Crippen LogP contribution in [0.15, 0.2) is 23.7 Å². The second kappa shape index (κ2) is 6.28. The van der Waals surface area contributed by atoms with Crippen molar-refractivity contribution in [3.05, 3.63) is 38.5 Å². The molecule has 0 saturated heterocycles. The minimum absolute atomic E-state index is 0.702. The molecule has 0 saturated carbocycles. The molecule has 0 atom stereocenters. The summed E-state index contributed by atoms with van der Waals surface area (Å²) in [7, 11) is 0. The molecule has 0 aromatic carbocycles. The SMILES string of the molecule is CC(C)CNCc1cnc(Cc2cccs2)s1. The van der Waals surface area contributed by atoms with E-state index >= 15 is 0 Å². The number of thiazole rings is 1. The Morgan fingerprint density at radius 1 is 1.35 bits per heavy atom. The van der Waals surface area contributed by atoms with Gasteiger partial charge in [0.05, 0.1) is 5.01 Å². The van der Waals surface area contributed by atoms with Crippen LogP contribution in [0.25, 0.3) is 0 Å². The van der Waals surface area contributed by atoms with Gasteiger partial charge in [0.25, 0.3) is 0 Å². The smallest absolute Gasteiger partial charge is 0.0980 e. The zero-order valence-corrected chi connectivity index (χ0v) is 11.9. The number of nitrogens with zero attached hydrogens (tertiary/aromatic N) is 1. The van der Waals surface area contributed by atoms with E-state index in [4.69, 9.17) is 0 Å². The summed E-state index contributed by atoms with van der Waals surface area (Å²) in [5.74, 6) is 0.702. The van der Waals surface area contributed by atoms with Crippen LogP contribution in [0.4, 0.5) is 0 Å². The molecular formula is C13H18N2S2. The summed E-state index contributed by atoms with van der Waals surface area (Å²) in [4.78, 5) is 7.19. The average molecular weight is 266 g/mol. The van der Waals surface area contributed by atoms with E-state index in [2.05, 4.69) is 41.7 Å². The third kappa shape index (κ3) is 4.22. The van der Waals surface area contributed by atoms with Crippen LogP contribution >= 0.6 is 22.7 Å².